The van der Waals surface area contributed by atoms with E-state index < -0.39 is 24.3 Å². The quantitative estimate of drug-likeness (QED) is 0.111. The molecule has 2 aliphatic heterocycles. The Labute approximate surface area is 337 Å². The van der Waals surface area contributed by atoms with Crippen LogP contribution in [-0.4, -0.2) is 100 Å². The first kappa shape index (κ1) is 40.1. The third-order valence-corrected chi connectivity index (χ3v) is 11.3. The molecule has 3 unspecified atom stereocenters. The van der Waals surface area contributed by atoms with Gasteiger partial charge in [-0.05, 0) is 79.0 Å². The standard InChI is InChI=1S/C43H52N8O7/c1-23(2)35(48-42(54)57-6)40(52)50-19-9-13-32(50)38-44-29-18-16-25(21-31(29)46-38)26-15-17-27(34(22-26)56-5)28-11-8-12-30-37(28)47-39(45-30)33-14-10-20-51(33)41(53)36(24(3)4)49-43(55)58-7/h8,11-12,15-18,21-24,32-33,35-36H,9-10,13-14,19-20H2,1-7H3,(H,44,46)(H,45,47)(H,48,54)(H,49,55)/t32?,33?,35?,36-/m0/s1. The number of likely N-dealkylation sites (tertiary alicyclic amines) is 2. The van der Waals surface area contributed by atoms with E-state index in [4.69, 9.17) is 24.2 Å². The van der Waals surface area contributed by atoms with Gasteiger partial charge in [0.25, 0.3) is 0 Å². The van der Waals surface area contributed by atoms with Crippen LogP contribution in [0.3, 0.4) is 0 Å². The maximum absolute atomic E-state index is 13.8. The van der Waals surface area contributed by atoms with Crippen LogP contribution in [0.2, 0.25) is 0 Å². The van der Waals surface area contributed by atoms with Crippen LogP contribution >= 0.6 is 0 Å². The zero-order chi connectivity index (χ0) is 41.2. The van der Waals surface area contributed by atoms with Gasteiger partial charge in [-0.2, -0.15) is 0 Å². The number of aromatic nitrogens is 4. The number of hydrogen-bond donors (Lipinski definition) is 4. The van der Waals surface area contributed by atoms with E-state index in [1.807, 2.05) is 80.0 Å². The number of aromatic amines is 2. The van der Waals surface area contributed by atoms with Crippen molar-refractivity contribution in [2.24, 2.45) is 11.8 Å². The molecular formula is C43H52N8O7. The second-order valence-corrected chi connectivity index (χ2v) is 15.7. The van der Waals surface area contributed by atoms with E-state index in [1.165, 1.54) is 14.2 Å². The highest BCUT2D eigenvalue weighted by molar-refractivity contribution is 5.95. The average molecular weight is 793 g/mol. The number of nitrogens with one attached hydrogen (secondary N) is 4. The smallest absolute Gasteiger partial charge is 0.407 e. The molecule has 2 aliphatic rings. The summed E-state index contributed by atoms with van der Waals surface area (Å²) in [6.45, 7) is 8.73. The van der Waals surface area contributed by atoms with Crippen molar-refractivity contribution in [2.45, 2.75) is 77.5 Å². The summed E-state index contributed by atoms with van der Waals surface area (Å²) in [7, 11) is 4.22. The maximum Gasteiger partial charge on any atom is 0.407 e. The summed E-state index contributed by atoms with van der Waals surface area (Å²) in [5.74, 6) is 1.50. The van der Waals surface area contributed by atoms with Crippen LogP contribution in [0.1, 0.15) is 77.1 Å². The lowest BCUT2D eigenvalue weighted by atomic mass is 9.98. The summed E-state index contributed by atoms with van der Waals surface area (Å²) >= 11 is 0. The monoisotopic (exact) mass is 792 g/mol. The van der Waals surface area contributed by atoms with Gasteiger partial charge in [0, 0.05) is 24.2 Å². The Morgan fingerprint density at radius 3 is 1.81 bits per heavy atom. The SMILES string of the molecule is COC(=O)NC(C(=O)N1CCCC1c1nc2ccc(-c3ccc(-c4cccc5[nH]c(C6CCCN6C(=O)[C@@H](NC(=O)OC)C(C)C)nc45)c(OC)c3)cc2[nH]1)C(C)C. The van der Waals surface area contributed by atoms with E-state index in [2.05, 4.69) is 32.7 Å². The lowest BCUT2D eigenvalue weighted by molar-refractivity contribution is -0.136. The minimum absolute atomic E-state index is 0.124. The molecule has 4 N–H and O–H groups in total. The Bertz CT molecular complexity index is 2330. The van der Waals surface area contributed by atoms with E-state index in [1.54, 1.807) is 7.11 Å². The Hall–Kier alpha value is -6.12. The highest BCUT2D eigenvalue weighted by Gasteiger charge is 2.39. The number of hydrogen-bond acceptors (Lipinski definition) is 9. The van der Waals surface area contributed by atoms with Crippen molar-refractivity contribution in [3.05, 3.63) is 66.2 Å². The number of para-hydroxylation sites is 1. The van der Waals surface area contributed by atoms with Crippen LogP contribution in [0.25, 0.3) is 44.3 Å². The van der Waals surface area contributed by atoms with Gasteiger partial charge in [-0.25, -0.2) is 19.6 Å². The summed E-state index contributed by atoms with van der Waals surface area (Å²) < 4.78 is 15.6. The molecule has 58 heavy (non-hydrogen) atoms. The number of rotatable bonds is 11. The third-order valence-electron chi connectivity index (χ3n) is 11.3. The molecule has 15 nitrogen and oxygen atoms in total. The molecule has 4 atom stereocenters. The van der Waals surface area contributed by atoms with E-state index in [0.29, 0.717) is 30.5 Å². The van der Waals surface area contributed by atoms with Gasteiger partial charge in [-0.15, -0.1) is 0 Å². The van der Waals surface area contributed by atoms with E-state index >= 15 is 0 Å². The van der Waals surface area contributed by atoms with E-state index in [-0.39, 0.29) is 35.7 Å². The molecule has 15 heteroatoms. The van der Waals surface area contributed by atoms with Crippen molar-refractivity contribution in [1.29, 1.82) is 0 Å². The molecule has 0 bridgehead atoms. The predicted octanol–water partition coefficient (Wildman–Crippen LogP) is 6.87. The van der Waals surface area contributed by atoms with Crippen molar-refractivity contribution in [1.82, 2.24) is 40.4 Å². The van der Waals surface area contributed by atoms with Crippen LogP contribution in [-0.2, 0) is 19.1 Å². The van der Waals surface area contributed by atoms with Crippen molar-refractivity contribution in [3.8, 4) is 28.0 Å². The Morgan fingerprint density at radius 2 is 1.24 bits per heavy atom. The topological polar surface area (TPSA) is 184 Å². The van der Waals surface area contributed by atoms with Crippen molar-refractivity contribution in [3.63, 3.8) is 0 Å². The number of H-pyrrole nitrogens is 2. The van der Waals surface area contributed by atoms with Crippen LogP contribution in [0, 0.1) is 11.8 Å². The predicted molar refractivity (Wildman–Crippen MR) is 219 cm³/mol. The van der Waals surface area contributed by atoms with Gasteiger partial charge in [-0.1, -0.05) is 52.0 Å². The number of methoxy groups -OCH3 is 3. The minimum Gasteiger partial charge on any atom is -0.496 e. The molecule has 7 rings (SSSR count). The number of benzene rings is 3. The van der Waals surface area contributed by atoms with Gasteiger partial charge in [-0.3, -0.25) is 9.59 Å². The zero-order valence-corrected chi connectivity index (χ0v) is 34.0. The van der Waals surface area contributed by atoms with Crippen LogP contribution in [0.5, 0.6) is 5.75 Å². The van der Waals surface area contributed by atoms with E-state index in [0.717, 1.165) is 70.0 Å². The van der Waals surface area contributed by atoms with Crippen molar-refractivity contribution >= 4 is 46.1 Å². The van der Waals surface area contributed by atoms with Crippen molar-refractivity contribution < 1.29 is 33.4 Å². The van der Waals surface area contributed by atoms with Crippen molar-refractivity contribution in [2.75, 3.05) is 34.4 Å². The number of imidazole rings is 2. The second-order valence-electron chi connectivity index (χ2n) is 15.7. The molecule has 4 heterocycles. The fraction of sp³-hybridized carbons (Fsp3) is 0.442. The first-order valence-electron chi connectivity index (χ1n) is 19.9. The summed E-state index contributed by atoms with van der Waals surface area (Å²) in [5.41, 5.74) is 6.90. The number of ether oxygens (including phenoxy) is 3. The number of carbonyl (C=O) groups is 4. The molecule has 4 amide bonds. The summed E-state index contributed by atoms with van der Waals surface area (Å²) in [6, 6.07) is 16.2. The van der Waals surface area contributed by atoms with Gasteiger partial charge >= 0.3 is 12.2 Å². The zero-order valence-electron chi connectivity index (χ0n) is 34.0. The first-order chi connectivity index (χ1) is 27.9. The molecule has 2 aromatic heterocycles. The molecule has 5 aromatic rings. The number of nitrogens with zero attached hydrogens (tertiary/aromatic N) is 4. The van der Waals surface area contributed by atoms with Gasteiger partial charge < -0.3 is 44.6 Å². The van der Waals surface area contributed by atoms with Crippen LogP contribution < -0.4 is 15.4 Å². The molecule has 3 aromatic carbocycles. The fourth-order valence-electron chi connectivity index (χ4n) is 8.27. The first-order valence-corrected chi connectivity index (χ1v) is 19.9. The number of carbonyl (C=O) groups excluding carboxylic acids is 4. The summed E-state index contributed by atoms with van der Waals surface area (Å²) in [5, 5.41) is 5.42. The Morgan fingerprint density at radius 1 is 0.690 bits per heavy atom. The maximum atomic E-state index is 13.8. The average Bonchev–Trinajstić information content (AvgIpc) is 4.06. The highest BCUT2D eigenvalue weighted by atomic mass is 16.5. The molecule has 0 spiro atoms. The minimum atomic E-state index is -0.721. The number of amides is 4. The molecule has 306 valence electrons. The summed E-state index contributed by atoms with van der Waals surface area (Å²) in [6.07, 6.45) is 1.88. The van der Waals surface area contributed by atoms with Gasteiger partial charge in [0.2, 0.25) is 11.8 Å². The van der Waals surface area contributed by atoms with Gasteiger partial charge in [0.15, 0.2) is 0 Å². The van der Waals surface area contributed by atoms with Gasteiger partial charge in [0.05, 0.1) is 55.5 Å². The lowest BCUT2D eigenvalue weighted by Crippen LogP contribution is -2.51. The number of fused-ring (bicyclic) bond motifs is 2. The summed E-state index contributed by atoms with van der Waals surface area (Å²) in [4.78, 5) is 72.1. The van der Waals surface area contributed by atoms with E-state index in [9.17, 15) is 19.2 Å². The molecule has 0 saturated carbocycles. The fourth-order valence-corrected chi connectivity index (χ4v) is 8.27. The molecule has 2 fully saturated rings. The molecular weight excluding hydrogens is 741 g/mol. The Kier molecular flexibility index (Phi) is 11.6. The van der Waals surface area contributed by atoms with Crippen LogP contribution in [0.4, 0.5) is 9.59 Å². The molecule has 0 radical (unpaired) electrons. The Balaban J connectivity index is 1.14. The molecule has 2 saturated heterocycles. The van der Waals surface area contributed by atoms with Gasteiger partial charge in [0.1, 0.15) is 29.5 Å². The largest absolute Gasteiger partial charge is 0.496 e. The normalized spacial score (nSPS) is 17.9. The van der Waals surface area contributed by atoms with Crippen LogP contribution in [0.15, 0.2) is 54.6 Å². The molecule has 0 aliphatic carbocycles. The number of alkyl carbamates (subject to hydrolysis) is 2. The highest BCUT2D eigenvalue weighted by Crippen LogP contribution is 2.40. The lowest BCUT2D eigenvalue weighted by Gasteiger charge is -2.29. The second kappa shape index (κ2) is 16.8. The third kappa shape index (κ3) is 7.77.